The third-order valence-corrected chi connectivity index (χ3v) is 7.21. The van der Waals surface area contributed by atoms with E-state index >= 15 is 0 Å². The number of hydrogen-bond donors (Lipinski definition) is 2. The quantitative estimate of drug-likeness (QED) is 0.484. The van der Waals surface area contributed by atoms with Gasteiger partial charge in [0, 0.05) is 37.5 Å². The minimum atomic E-state index is -5.08. The average Bonchev–Trinajstić information content (AvgIpc) is 3.59. The van der Waals surface area contributed by atoms with E-state index in [0.717, 1.165) is 58.7 Å². The van der Waals surface area contributed by atoms with Crippen LogP contribution in [-0.4, -0.2) is 102 Å². The van der Waals surface area contributed by atoms with Crippen molar-refractivity contribution in [3.05, 3.63) is 22.4 Å². The minimum absolute atomic E-state index is 0.101. The molecular weight excluding hydrogens is 546 g/mol. The summed E-state index contributed by atoms with van der Waals surface area (Å²) in [5.74, 6) is -5.51. The lowest BCUT2D eigenvalue weighted by atomic mass is 9.88. The monoisotopic (exact) mass is 578 g/mol. The van der Waals surface area contributed by atoms with Crippen LogP contribution in [0.15, 0.2) is 17.5 Å². The van der Waals surface area contributed by atoms with Gasteiger partial charge < -0.3 is 24.6 Å². The standard InChI is InChI=1S/C19H30N2O2S.2C2HF3O2/c1-2-8-20(7-1)11-12-22-17-14-19(23-16-17)5-9-21(10-6-19)15-18-4-3-13-24-18;2*3-2(4,5)1(6)7/h3-4,13,17H,1-2,5-12,14-16H2;2*(H,6,7). The number of hydrogen-bond acceptors (Lipinski definition) is 7. The molecule has 0 aromatic carbocycles. The molecule has 1 unspecified atom stereocenters. The Morgan fingerprint density at radius 3 is 2.03 bits per heavy atom. The van der Waals surface area contributed by atoms with Crippen molar-refractivity contribution in [2.24, 2.45) is 0 Å². The fourth-order valence-electron chi connectivity index (χ4n) is 4.35. The van der Waals surface area contributed by atoms with Crippen LogP contribution in [0.5, 0.6) is 0 Å². The van der Waals surface area contributed by atoms with Crippen LogP contribution in [0.4, 0.5) is 26.3 Å². The van der Waals surface area contributed by atoms with Gasteiger partial charge in [-0.3, -0.25) is 4.90 Å². The van der Waals surface area contributed by atoms with E-state index in [2.05, 4.69) is 27.3 Å². The summed E-state index contributed by atoms with van der Waals surface area (Å²) in [6.07, 6.45) is -3.72. The van der Waals surface area contributed by atoms with E-state index in [4.69, 9.17) is 29.3 Å². The molecule has 0 saturated carbocycles. The molecule has 3 aliphatic rings. The molecule has 1 aromatic heterocycles. The molecule has 4 heterocycles. The van der Waals surface area contributed by atoms with Crippen LogP contribution >= 0.6 is 11.3 Å². The highest BCUT2D eigenvalue weighted by atomic mass is 32.1. The second kappa shape index (κ2) is 14.4. The zero-order valence-electron chi connectivity index (χ0n) is 20.6. The van der Waals surface area contributed by atoms with Gasteiger partial charge in [0.1, 0.15) is 0 Å². The second-order valence-electron chi connectivity index (χ2n) is 9.20. The SMILES string of the molecule is O=C(O)C(F)(F)F.O=C(O)C(F)(F)F.c1csc(CN2CCC3(CC2)CC(OCCN2CCCC2)CO3)c1. The van der Waals surface area contributed by atoms with Gasteiger partial charge in [0.15, 0.2) is 0 Å². The number of alkyl halides is 6. The van der Waals surface area contributed by atoms with Gasteiger partial charge in [0.2, 0.25) is 0 Å². The summed E-state index contributed by atoms with van der Waals surface area (Å²) < 4.78 is 75.8. The van der Waals surface area contributed by atoms with E-state index < -0.39 is 24.3 Å². The van der Waals surface area contributed by atoms with E-state index in [0.29, 0.717) is 6.10 Å². The van der Waals surface area contributed by atoms with Gasteiger partial charge in [-0.15, -0.1) is 11.3 Å². The molecule has 0 bridgehead atoms. The second-order valence-corrected chi connectivity index (χ2v) is 10.2. The Labute approximate surface area is 220 Å². The minimum Gasteiger partial charge on any atom is -0.475 e. The Bertz CT molecular complexity index is 830. The van der Waals surface area contributed by atoms with Crippen molar-refractivity contribution in [1.82, 2.24) is 9.80 Å². The van der Waals surface area contributed by atoms with Gasteiger partial charge in [0.25, 0.3) is 0 Å². The molecule has 4 rings (SSSR count). The van der Waals surface area contributed by atoms with Crippen LogP contribution in [0.25, 0.3) is 0 Å². The van der Waals surface area contributed by atoms with Crippen molar-refractivity contribution in [2.75, 3.05) is 45.9 Å². The third kappa shape index (κ3) is 11.4. The van der Waals surface area contributed by atoms with Crippen molar-refractivity contribution in [3.63, 3.8) is 0 Å². The first kappa shape index (κ1) is 32.3. The maximum Gasteiger partial charge on any atom is 0.490 e. The Balaban J connectivity index is 0.000000301. The summed E-state index contributed by atoms with van der Waals surface area (Å²) in [5.41, 5.74) is 0.101. The van der Waals surface area contributed by atoms with Crippen molar-refractivity contribution < 1.29 is 55.6 Å². The lowest BCUT2D eigenvalue weighted by Gasteiger charge is -2.38. The predicted molar refractivity (Wildman–Crippen MR) is 125 cm³/mol. The normalized spacial score (nSPS) is 21.9. The van der Waals surface area contributed by atoms with Crippen LogP contribution in [0.3, 0.4) is 0 Å². The predicted octanol–water partition coefficient (Wildman–Crippen LogP) is 4.25. The molecule has 2 N–H and O–H groups in total. The number of piperidine rings is 1. The van der Waals surface area contributed by atoms with Gasteiger partial charge in [0.05, 0.1) is 24.9 Å². The lowest BCUT2D eigenvalue weighted by Crippen LogP contribution is -2.43. The summed E-state index contributed by atoms with van der Waals surface area (Å²) in [6, 6.07) is 4.39. The first-order valence-electron chi connectivity index (χ1n) is 12.0. The fourth-order valence-corrected chi connectivity index (χ4v) is 5.10. The molecule has 3 fully saturated rings. The molecule has 1 aromatic rings. The molecule has 3 aliphatic heterocycles. The fraction of sp³-hybridized carbons (Fsp3) is 0.739. The number of aliphatic carboxylic acids is 2. The first-order chi connectivity index (χ1) is 17.7. The summed E-state index contributed by atoms with van der Waals surface area (Å²) in [7, 11) is 0. The van der Waals surface area contributed by atoms with E-state index in [1.54, 1.807) is 0 Å². The summed E-state index contributed by atoms with van der Waals surface area (Å²) in [4.78, 5) is 24.4. The number of carboxylic acids is 2. The van der Waals surface area contributed by atoms with Crippen LogP contribution in [0.1, 0.15) is 37.0 Å². The zero-order valence-corrected chi connectivity index (χ0v) is 21.4. The molecule has 15 heteroatoms. The Morgan fingerprint density at radius 2 is 1.55 bits per heavy atom. The molecule has 1 spiro atoms. The van der Waals surface area contributed by atoms with Crippen molar-refractivity contribution in [3.8, 4) is 0 Å². The first-order valence-corrected chi connectivity index (χ1v) is 12.9. The van der Waals surface area contributed by atoms with Crippen molar-refractivity contribution in [2.45, 2.75) is 62.7 Å². The van der Waals surface area contributed by atoms with E-state index in [1.807, 2.05) is 11.3 Å². The number of nitrogens with zero attached hydrogens (tertiary/aromatic N) is 2. The number of carbonyl (C=O) groups is 2. The summed E-state index contributed by atoms with van der Waals surface area (Å²) in [6.45, 7) is 8.68. The van der Waals surface area contributed by atoms with E-state index in [9.17, 15) is 26.3 Å². The summed E-state index contributed by atoms with van der Waals surface area (Å²) in [5, 5.41) is 16.4. The number of carboxylic acid groups (broad SMARTS) is 2. The largest absolute Gasteiger partial charge is 0.490 e. The molecule has 0 aliphatic carbocycles. The number of likely N-dealkylation sites (tertiary alicyclic amines) is 2. The molecule has 3 saturated heterocycles. The highest BCUT2D eigenvalue weighted by Gasteiger charge is 2.43. The molecule has 38 heavy (non-hydrogen) atoms. The highest BCUT2D eigenvalue weighted by Crippen LogP contribution is 2.37. The van der Waals surface area contributed by atoms with Crippen LogP contribution in [0.2, 0.25) is 0 Å². The number of halogens is 6. The topological polar surface area (TPSA) is 99.5 Å². The van der Waals surface area contributed by atoms with Crippen LogP contribution in [0, 0.1) is 0 Å². The molecular formula is C23H32F6N2O6S. The van der Waals surface area contributed by atoms with Gasteiger partial charge in [-0.2, -0.15) is 26.3 Å². The molecule has 8 nitrogen and oxygen atoms in total. The Morgan fingerprint density at radius 1 is 1.00 bits per heavy atom. The summed E-state index contributed by atoms with van der Waals surface area (Å²) >= 11 is 1.86. The Hall–Kier alpha value is -1.94. The van der Waals surface area contributed by atoms with Gasteiger partial charge in [-0.1, -0.05) is 6.07 Å². The lowest BCUT2D eigenvalue weighted by molar-refractivity contribution is -0.193. The highest BCUT2D eigenvalue weighted by molar-refractivity contribution is 7.09. The third-order valence-electron chi connectivity index (χ3n) is 6.35. The molecule has 0 amide bonds. The maximum absolute atomic E-state index is 10.6. The Kier molecular flexibility index (Phi) is 12.3. The van der Waals surface area contributed by atoms with Gasteiger partial charge >= 0.3 is 24.3 Å². The van der Waals surface area contributed by atoms with Crippen molar-refractivity contribution >= 4 is 23.3 Å². The molecule has 1 atom stereocenters. The van der Waals surface area contributed by atoms with Gasteiger partial charge in [-0.25, -0.2) is 9.59 Å². The number of ether oxygens (including phenoxy) is 2. The average molecular weight is 579 g/mol. The number of thiophene rings is 1. The zero-order chi connectivity index (χ0) is 28.4. The van der Waals surface area contributed by atoms with Gasteiger partial charge in [-0.05, 0) is 50.2 Å². The van der Waals surface area contributed by atoms with Crippen molar-refractivity contribution in [1.29, 1.82) is 0 Å². The smallest absolute Gasteiger partial charge is 0.475 e. The van der Waals surface area contributed by atoms with E-state index in [-0.39, 0.29) is 5.60 Å². The number of rotatable bonds is 6. The van der Waals surface area contributed by atoms with E-state index in [1.165, 1.54) is 30.8 Å². The van der Waals surface area contributed by atoms with Crippen LogP contribution in [-0.2, 0) is 25.6 Å². The van der Waals surface area contributed by atoms with Crippen LogP contribution < -0.4 is 0 Å². The maximum atomic E-state index is 10.6. The molecule has 218 valence electrons. The molecule has 0 radical (unpaired) electrons.